The summed E-state index contributed by atoms with van der Waals surface area (Å²) >= 11 is 1.50. The van der Waals surface area contributed by atoms with E-state index in [0.717, 1.165) is 5.56 Å². The number of nitrogens with one attached hydrogen (secondary N) is 1. The van der Waals surface area contributed by atoms with Crippen molar-refractivity contribution in [2.24, 2.45) is 0 Å². The third-order valence-electron chi connectivity index (χ3n) is 2.40. The van der Waals surface area contributed by atoms with Crippen LogP contribution in [0.5, 0.6) is 0 Å². The Kier molecular flexibility index (Phi) is 3.88. The van der Waals surface area contributed by atoms with Crippen LogP contribution >= 0.6 is 11.3 Å². The molecule has 17 heavy (non-hydrogen) atoms. The summed E-state index contributed by atoms with van der Waals surface area (Å²) in [6.45, 7) is 0.556. The fourth-order valence-electron chi connectivity index (χ4n) is 1.47. The molecule has 0 unspecified atom stereocenters. The molecule has 0 aliphatic heterocycles. The highest BCUT2D eigenvalue weighted by atomic mass is 32.1. The molecule has 2 aromatic rings. The minimum absolute atomic E-state index is 0.0617. The van der Waals surface area contributed by atoms with Gasteiger partial charge >= 0.3 is 0 Å². The molecule has 1 aromatic carbocycles. The zero-order chi connectivity index (χ0) is 12.1. The first-order chi connectivity index (χ1) is 8.25. The number of benzene rings is 1. The predicted octanol–water partition coefficient (Wildman–Crippen LogP) is 2.86. The molecule has 0 bridgehead atoms. The van der Waals surface area contributed by atoms with Gasteiger partial charge in [0.05, 0.1) is 0 Å². The van der Waals surface area contributed by atoms with Crippen LogP contribution in [0.4, 0.5) is 4.39 Å². The maximum atomic E-state index is 12.7. The van der Waals surface area contributed by atoms with Gasteiger partial charge in [-0.1, -0.05) is 12.1 Å². The normalized spacial score (nSPS) is 10.2. The largest absolute Gasteiger partial charge is 0.352 e. The van der Waals surface area contributed by atoms with Gasteiger partial charge in [-0.15, -0.1) is 0 Å². The Morgan fingerprint density at radius 3 is 2.65 bits per heavy atom. The molecule has 0 radical (unpaired) electrons. The molecule has 1 aromatic heterocycles. The van der Waals surface area contributed by atoms with Crippen molar-refractivity contribution in [1.82, 2.24) is 5.32 Å². The zero-order valence-corrected chi connectivity index (χ0v) is 9.97. The second kappa shape index (κ2) is 5.59. The lowest BCUT2D eigenvalue weighted by Gasteiger charge is -2.04. The topological polar surface area (TPSA) is 29.1 Å². The number of thiophene rings is 1. The van der Waals surface area contributed by atoms with Gasteiger partial charge in [-0.3, -0.25) is 4.79 Å². The molecule has 0 atom stereocenters. The molecule has 1 amide bonds. The second-order valence-corrected chi connectivity index (χ2v) is 4.42. The molecule has 2 rings (SSSR count). The molecule has 0 fully saturated rings. The van der Waals surface area contributed by atoms with Crippen molar-refractivity contribution in [1.29, 1.82) is 0 Å². The lowest BCUT2D eigenvalue weighted by molar-refractivity contribution is 0.0954. The van der Waals surface area contributed by atoms with E-state index in [-0.39, 0.29) is 11.7 Å². The predicted molar refractivity (Wildman–Crippen MR) is 66.8 cm³/mol. The highest BCUT2D eigenvalue weighted by Crippen LogP contribution is 2.06. The Bertz CT molecular complexity index is 479. The lowest BCUT2D eigenvalue weighted by Crippen LogP contribution is -2.25. The average molecular weight is 249 g/mol. The number of halogens is 1. The standard InChI is InChI=1S/C13H12FNOS/c14-12-3-1-10(2-4-12)5-7-15-13(16)11-6-8-17-9-11/h1-4,6,8-9H,5,7H2,(H,15,16). The number of carbonyl (C=O) groups is 1. The molecule has 1 heterocycles. The van der Waals surface area contributed by atoms with Crippen molar-refractivity contribution >= 4 is 17.2 Å². The van der Waals surface area contributed by atoms with Crippen LogP contribution in [0.1, 0.15) is 15.9 Å². The molecule has 0 spiro atoms. The van der Waals surface area contributed by atoms with E-state index in [2.05, 4.69) is 5.32 Å². The van der Waals surface area contributed by atoms with E-state index in [1.54, 1.807) is 18.2 Å². The Balaban J connectivity index is 1.80. The summed E-state index contributed by atoms with van der Waals surface area (Å²) in [7, 11) is 0. The van der Waals surface area contributed by atoms with Gasteiger partial charge in [-0.2, -0.15) is 11.3 Å². The fourth-order valence-corrected chi connectivity index (χ4v) is 2.10. The van der Waals surface area contributed by atoms with Crippen molar-refractivity contribution in [3.05, 3.63) is 58.0 Å². The van der Waals surface area contributed by atoms with E-state index in [9.17, 15) is 9.18 Å². The van der Waals surface area contributed by atoms with Crippen LogP contribution in [0.3, 0.4) is 0 Å². The highest BCUT2D eigenvalue weighted by molar-refractivity contribution is 7.08. The first kappa shape index (κ1) is 11.8. The van der Waals surface area contributed by atoms with E-state index in [1.807, 2.05) is 10.8 Å². The average Bonchev–Trinajstić information content (AvgIpc) is 2.85. The Labute approximate surface area is 103 Å². The van der Waals surface area contributed by atoms with E-state index < -0.39 is 0 Å². The lowest BCUT2D eigenvalue weighted by atomic mass is 10.1. The minimum atomic E-state index is -0.240. The highest BCUT2D eigenvalue weighted by Gasteiger charge is 2.04. The summed E-state index contributed by atoms with van der Waals surface area (Å²) in [4.78, 5) is 11.6. The first-order valence-electron chi connectivity index (χ1n) is 5.30. The Hall–Kier alpha value is -1.68. The van der Waals surface area contributed by atoms with Crippen molar-refractivity contribution in [2.45, 2.75) is 6.42 Å². The molecule has 4 heteroatoms. The van der Waals surface area contributed by atoms with Gasteiger partial charge in [-0.05, 0) is 35.6 Å². The van der Waals surface area contributed by atoms with Gasteiger partial charge in [0.25, 0.3) is 5.91 Å². The summed E-state index contributed by atoms with van der Waals surface area (Å²) in [5.74, 6) is -0.301. The van der Waals surface area contributed by atoms with E-state index in [4.69, 9.17) is 0 Å². The molecule has 88 valence electrons. The van der Waals surface area contributed by atoms with Gasteiger partial charge in [0.15, 0.2) is 0 Å². The summed E-state index contributed by atoms with van der Waals surface area (Å²) in [6.07, 6.45) is 0.705. The van der Waals surface area contributed by atoms with Crippen LogP contribution in [0.25, 0.3) is 0 Å². The smallest absolute Gasteiger partial charge is 0.252 e. The van der Waals surface area contributed by atoms with Crippen LogP contribution in [0.15, 0.2) is 41.1 Å². The van der Waals surface area contributed by atoms with Gasteiger partial charge in [0.1, 0.15) is 5.82 Å². The van der Waals surface area contributed by atoms with Crippen molar-refractivity contribution in [3.8, 4) is 0 Å². The van der Waals surface area contributed by atoms with Gasteiger partial charge in [-0.25, -0.2) is 4.39 Å². The van der Waals surface area contributed by atoms with Gasteiger partial charge < -0.3 is 5.32 Å². The number of hydrogen-bond donors (Lipinski definition) is 1. The molecule has 0 aliphatic rings. The molecule has 0 aliphatic carbocycles. The van der Waals surface area contributed by atoms with E-state index in [0.29, 0.717) is 18.5 Å². The molecular weight excluding hydrogens is 237 g/mol. The zero-order valence-electron chi connectivity index (χ0n) is 9.15. The number of rotatable bonds is 4. The summed E-state index contributed by atoms with van der Waals surface area (Å²) in [5, 5.41) is 6.50. The maximum Gasteiger partial charge on any atom is 0.252 e. The molecule has 1 N–H and O–H groups in total. The number of amides is 1. The maximum absolute atomic E-state index is 12.7. The number of hydrogen-bond acceptors (Lipinski definition) is 2. The van der Waals surface area contributed by atoms with Gasteiger partial charge in [0, 0.05) is 17.5 Å². The van der Waals surface area contributed by atoms with Crippen molar-refractivity contribution in [2.75, 3.05) is 6.54 Å². The summed E-state index contributed by atoms with van der Waals surface area (Å²) in [5.41, 5.74) is 1.70. The summed E-state index contributed by atoms with van der Waals surface area (Å²) < 4.78 is 12.7. The Morgan fingerprint density at radius 2 is 2.00 bits per heavy atom. The molecule has 0 saturated heterocycles. The van der Waals surface area contributed by atoms with Crippen LogP contribution < -0.4 is 5.32 Å². The summed E-state index contributed by atoms with van der Waals surface area (Å²) in [6, 6.07) is 8.10. The second-order valence-electron chi connectivity index (χ2n) is 3.64. The van der Waals surface area contributed by atoms with Crippen molar-refractivity contribution < 1.29 is 9.18 Å². The third kappa shape index (κ3) is 3.39. The van der Waals surface area contributed by atoms with Crippen LogP contribution in [0.2, 0.25) is 0 Å². The van der Waals surface area contributed by atoms with Crippen LogP contribution in [-0.4, -0.2) is 12.5 Å². The monoisotopic (exact) mass is 249 g/mol. The van der Waals surface area contributed by atoms with Crippen molar-refractivity contribution in [3.63, 3.8) is 0 Å². The van der Waals surface area contributed by atoms with Gasteiger partial charge in [0.2, 0.25) is 0 Å². The van der Waals surface area contributed by atoms with Crippen LogP contribution in [-0.2, 0) is 6.42 Å². The van der Waals surface area contributed by atoms with Crippen LogP contribution in [0, 0.1) is 5.82 Å². The molecular formula is C13H12FNOS. The van der Waals surface area contributed by atoms with E-state index in [1.165, 1.54) is 23.5 Å². The quantitative estimate of drug-likeness (QED) is 0.887. The fraction of sp³-hybridized carbons (Fsp3) is 0.154. The first-order valence-corrected chi connectivity index (χ1v) is 6.25. The molecule has 2 nitrogen and oxygen atoms in total. The Morgan fingerprint density at radius 1 is 1.24 bits per heavy atom. The van der Waals surface area contributed by atoms with E-state index >= 15 is 0 Å². The molecule has 0 saturated carbocycles. The third-order valence-corrected chi connectivity index (χ3v) is 3.08. The number of carbonyl (C=O) groups excluding carboxylic acids is 1. The minimum Gasteiger partial charge on any atom is -0.352 e. The SMILES string of the molecule is O=C(NCCc1ccc(F)cc1)c1ccsc1.